The summed E-state index contributed by atoms with van der Waals surface area (Å²) in [7, 11) is -1.56. The Labute approximate surface area is 156 Å². The van der Waals surface area contributed by atoms with E-state index in [2.05, 4.69) is 10.4 Å². The van der Waals surface area contributed by atoms with Crippen molar-refractivity contribution in [2.24, 2.45) is 7.05 Å². The highest BCUT2D eigenvalue weighted by molar-refractivity contribution is 7.90. The predicted molar refractivity (Wildman–Crippen MR) is 101 cm³/mol. The number of nitrogens with one attached hydrogen (secondary N) is 1. The zero-order chi connectivity index (χ0) is 18.9. The number of carbonyl (C=O) groups is 1. The highest BCUT2D eigenvalue weighted by atomic mass is 35.5. The lowest BCUT2D eigenvalue weighted by molar-refractivity contribution is 0.102. The SMILES string of the molecule is Cn1ccc(-c2cccc(NC(=O)c3ccc(S(C)(=O)=O)cc3Cl)c2)n1. The number of aromatic nitrogens is 2. The molecule has 0 aliphatic heterocycles. The van der Waals surface area contributed by atoms with Crippen LogP contribution in [0, 0.1) is 0 Å². The molecule has 1 heterocycles. The van der Waals surface area contributed by atoms with Gasteiger partial charge in [0.15, 0.2) is 9.84 Å². The molecule has 8 heteroatoms. The molecule has 3 aromatic rings. The predicted octanol–water partition coefficient (Wildman–Crippen LogP) is 3.40. The van der Waals surface area contributed by atoms with Crippen LogP contribution >= 0.6 is 11.6 Å². The maximum Gasteiger partial charge on any atom is 0.257 e. The Kier molecular flexibility index (Phi) is 4.84. The molecule has 0 fully saturated rings. The molecule has 3 rings (SSSR count). The van der Waals surface area contributed by atoms with Crippen molar-refractivity contribution >= 4 is 33.0 Å². The monoisotopic (exact) mass is 389 g/mol. The Morgan fingerprint density at radius 1 is 1.15 bits per heavy atom. The fourth-order valence-corrected chi connectivity index (χ4v) is 3.41. The number of benzene rings is 2. The summed E-state index contributed by atoms with van der Waals surface area (Å²) >= 11 is 6.09. The van der Waals surface area contributed by atoms with Gasteiger partial charge < -0.3 is 5.32 Å². The third kappa shape index (κ3) is 3.95. The zero-order valence-corrected chi connectivity index (χ0v) is 15.7. The number of aryl methyl sites for hydroxylation is 1. The summed E-state index contributed by atoms with van der Waals surface area (Å²) in [5.41, 5.74) is 2.43. The van der Waals surface area contributed by atoms with Crippen molar-refractivity contribution in [2.75, 3.05) is 11.6 Å². The van der Waals surface area contributed by atoms with Gasteiger partial charge in [0.25, 0.3) is 5.91 Å². The first-order valence-electron chi connectivity index (χ1n) is 7.65. The van der Waals surface area contributed by atoms with Crippen LogP contribution < -0.4 is 5.32 Å². The summed E-state index contributed by atoms with van der Waals surface area (Å²) in [6, 6.07) is 13.2. The molecule has 0 aliphatic carbocycles. The number of carbonyl (C=O) groups excluding carboxylic acids is 1. The van der Waals surface area contributed by atoms with Crippen LogP contribution in [-0.2, 0) is 16.9 Å². The molecular formula is C18H16ClN3O3S. The Morgan fingerprint density at radius 2 is 1.92 bits per heavy atom. The van der Waals surface area contributed by atoms with Gasteiger partial charge in [-0.25, -0.2) is 8.42 Å². The molecule has 0 aliphatic rings. The van der Waals surface area contributed by atoms with E-state index in [0.29, 0.717) is 5.69 Å². The summed E-state index contributed by atoms with van der Waals surface area (Å²) in [4.78, 5) is 12.5. The lowest BCUT2D eigenvalue weighted by atomic mass is 10.1. The fourth-order valence-electron chi connectivity index (χ4n) is 2.43. The molecule has 134 valence electrons. The Hall–Kier alpha value is -2.64. The number of halogens is 1. The van der Waals surface area contributed by atoms with Crippen LogP contribution in [0.25, 0.3) is 11.3 Å². The average Bonchev–Trinajstić information content (AvgIpc) is 3.00. The normalized spacial score (nSPS) is 11.3. The second-order valence-corrected chi connectivity index (χ2v) is 8.25. The van der Waals surface area contributed by atoms with E-state index in [0.717, 1.165) is 17.5 Å². The standard InChI is InChI=1S/C18H16ClN3O3S/c1-22-9-8-17(21-22)12-4-3-5-13(10-12)20-18(23)15-7-6-14(11-16(15)19)26(2,24)25/h3-11H,1-2H3,(H,20,23). The van der Waals surface area contributed by atoms with Crippen LogP contribution in [0.5, 0.6) is 0 Å². The van der Waals surface area contributed by atoms with Crippen molar-refractivity contribution in [3.8, 4) is 11.3 Å². The van der Waals surface area contributed by atoms with E-state index in [1.165, 1.54) is 18.2 Å². The molecular weight excluding hydrogens is 374 g/mol. The van der Waals surface area contributed by atoms with E-state index in [1.54, 1.807) is 16.8 Å². The van der Waals surface area contributed by atoms with Crippen molar-refractivity contribution < 1.29 is 13.2 Å². The van der Waals surface area contributed by atoms with Gasteiger partial charge in [0.1, 0.15) is 0 Å². The number of nitrogens with zero attached hydrogens (tertiary/aromatic N) is 2. The zero-order valence-electron chi connectivity index (χ0n) is 14.1. The molecule has 0 radical (unpaired) electrons. The van der Waals surface area contributed by atoms with Crippen molar-refractivity contribution in [3.05, 3.63) is 65.3 Å². The van der Waals surface area contributed by atoms with E-state index in [-0.39, 0.29) is 15.5 Å². The Bertz CT molecular complexity index is 1090. The van der Waals surface area contributed by atoms with E-state index >= 15 is 0 Å². The van der Waals surface area contributed by atoms with Crippen LogP contribution in [0.15, 0.2) is 59.6 Å². The highest BCUT2D eigenvalue weighted by Gasteiger charge is 2.15. The van der Waals surface area contributed by atoms with E-state index < -0.39 is 15.7 Å². The van der Waals surface area contributed by atoms with Gasteiger partial charge in [-0.15, -0.1) is 0 Å². The van der Waals surface area contributed by atoms with Gasteiger partial charge in [0.05, 0.1) is 21.2 Å². The summed E-state index contributed by atoms with van der Waals surface area (Å²) in [6.07, 6.45) is 2.92. The molecule has 1 amide bonds. The maximum atomic E-state index is 12.5. The van der Waals surface area contributed by atoms with Crippen molar-refractivity contribution in [1.29, 1.82) is 0 Å². The smallest absolute Gasteiger partial charge is 0.257 e. The first kappa shape index (κ1) is 18.2. The fraction of sp³-hybridized carbons (Fsp3) is 0.111. The minimum absolute atomic E-state index is 0.0659. The van der Waals surface area contributed by atoms with Crippen molar-refractivity contribution in [3.63, 3.8) is 0 Å². The van der Waals surface area contributed by atoms with Crippen molar-refractivity contribution in [2.45, 2.75) is 4.90 Å². The summed E-state index contributed by atoms with van der Waals surface area (Å²) < 4.78 is 24.8. The number of amides is 1. The maximum absolute atomic E-state index is 12.5. The number of sulfone groups is 1. The van der Waals surface area contributed by atoms with Gasteiger partial charge in [0, 0.05) is 30.8 Å². The minimum atomic E-state index is -3.39. The lowest BCUT2D eigenvalue weighted by Gasteiger charge is -2.09. The molecule has 6 nitrogen and oxygen atoms in total. The Balaban J connectivity index is 1.84. The molecule has 1 N–H and O–H groups in total. The number of rotatable bonds is 4. The van der Waals surface area contributed by atoms with Crippen LogP contribution in [-0.4, -0.2) is 30.4 Å². The molecule has 0 bridgehead atoms. The molecule has 0 saturated carbocycles. The van der Waals surface area contributed by atoms with Gasteiger partial charge in [0.2, 0.25) is 0 Å². The number of hydrogen-bond acceptors (Lipinski definition) is 4. The molecule has 0 saturated heterocycles. The first-order chi connectivity index (χ1) is 12.2. The molecule has 26 heavy (non-hydrogen) atoms. The quantitative estimate of drug-likeness (QED) is 0.741. The second kappa shape index (κ2) is 6.93. The van der Waals surface area contributed by atoms with E-state index in [9.17, 15) is 13.2 Å². The second-order valence-electron chi connectivity index (χ2n) is 5.82. The molecule has 0 unspecified atom stereocenters. The highest BCUT2D eigenvalue weighted by Crippen LogP contribution is 2.24. The van der Waals surface area contributed by atoms with Crippen LogP contribution in [0.1, 0.15) is 10.4 Å². The van der Waals surface area contributed by atoms with Gasteiger partial charge in [-0.05, 0) is 36.4 Å². The summed E-state index contributed by atoms with van der Waals surface area (Å²) in [6.45, 7) is 0. The third-order valence-corrected chi connectivity index (χ3v) is 5.17. The summed E-state index contributed by atoms with van der Waals surface area (Å²) in [5.74, 6) is -0.423. The van der Waals surface area contributed by atoms with E-state index in [1.807, 2.05) is 31.4 Å². The third-order valence-electron chi connectivity index (χ3n) is 3.74. The van der Waals surface area contributed by atoms with Gasteiger partial charge >= 0.3 is 0 Å². The topological polar surface area (TPSA) is 81.1 Å². The number of hydrogen-bond donors (Lipinski definition) is 1. The molecule has 0 spiro atoms. The molecule has 1 aromatic heterocycles. The minimum Gasteiger partial charge on any atom is -0.322 e. The van der Waals surface area contributed by atoms with Crippen LogP contribution in [0.3, 0.4) is 0 Å². The largest absolute Gasteiger partial charge is 0.322 e. The van der Waals surface area contributed by atoms with E-state index in [4.69, 9.17) is 11.6 Å². The molecule has 2 aromatic carbocycles. The average molecular weight is 390 g/mol. The van der Waals surface area contributed by atoms with Crippen molar-refractivity contribution in [1.82, 2.24) is 9.78 Å². The van der Waals surface area contributed by atoms with Gasteiger partial charge in [-0.2, -0.15) is 5.10 Å². The Morgan fingerprint density at radius 3 is 2.54 bits per heavy atom. The van der Waals surface area contributed by atoms with Crippen LogP contribution in [0.2, 0.25) is 5.02 Å². The van der Waals surface area contributed by atoms with Crippen LogP contribution in [0.4, 0.5) is 5.69 Å². The lowest BCUT2D eigenvalue weighted by Crippen LogP contribution is -2.13. The first-order valence-corrected chi connectivity index (χ1v) is 9.92. The molecule has 0 atom stereocenters. The van der Waals surface area contributed by atoms with Gasteiger partial charge in [-0.3, -0.25) is 9.48 Å². The number of anilines is 1. The summed E-state index contributed by atoms with van der Waals surface area (Å²) in [5, 5.41) is 7.17. The van der Waals surface area contributed by atoms with Gasteiger partial charge in [-0.1, -0.05) is 23.7 Å².